The molecule has 0 aromatic rings. The Bertz CT molecular complexity index is 1890. The van der Waals surface area contributed by atoms with Crippen LogP contribution in [0.15, 0.2) is 0 Å². The molecule has 0 radical (unpaired) electrons. The van der Waals surface area contributed by atoms with Gasteiger partial charge in [-0.15, -0.1) is 0 Å². The van der Waals surface area contributed by atoms with E-state index in [4.69, 9.17) is 37.0 Å². The van der Waals surface area contributed by atoms with Gasteiger partial charge in [-0.3, -0.25) is 37.3 Å². The molecule has 0 bridgehead atoms. The van der Waals surface area contributed by atoms with E-state index in [1.165, 1.54) is 205 Å². The zero-order chi connectivity index (χ0) is 71.6. The highest BCUT2D eigenvalue weighted by molar-refractivity contribution is 7.47. The molecular formula is C78H152O17P2. The van der Waals surface area contributed by atoms with Crippen molar-refractivity contribution in [2.24, 2.45) is 17.8 Å². The summed E-state index contributed by atoms with van der Waals surface area (Å²) >= 11 is 0. The van der Waals surface area contributed by atoms with Gasteiger partial charge in [0.1, 0.15) is 19.3 Å². The molecule has 0 fully saturated rings. The molecule has 0 spiro atoms. The molecule has 0 rings (SSSR count). The van der Waals surface area contributed by atoms with Crippen LogP contribution in [0.5, 0.6) is 0 Å². The first-order valence-electron chi connectivity index (χ1n) is 40.3. The second-order valence-electron chi connectivity index (χ2n) is 29.5. The molecule has 0 aromatic carbocycles. The molecule has 3 N–H and O–H groups in total. The second-order valence-corrected chi connectivity index (χ2v) is 32.4. The number of carbonyl (C=O) groups is 4. The lowest BCUT2D eigenvalue weighted by Gasteiger charge is -2.21. The van der Waals surface area contributed by atoms with Crippen molar-refractivity contribution in [2.45, 2.75) is 420 Å². The minimum absolute atomic E-state index is 0.107. The third-order valence-electron chi connectivity index (χ3n) is 18.1. The topological polar surface area (TPSA) is 237 Å². The van der Waals surface area contributed by atoms with Gasteiger partial charge in [0.25, 0.3) is 0 Å². The van der Waals surface area contributed by atoms with Crippen LogP contribution < -0.4 is 0 Å². The van der Waals surface area contributed by atoms with Crippen LogP contribution in [0.4, 0.5) is 0 Å². The van der Waals surface area contributed by atoms with Gasteiger partial charge in [-0.05, 0) is 43.4 Å². The first-order valence-corrected chi connectivity index (χ1v) is 43.3. The first kappa shape index (κ1) is 95.1. The monoisotopic (exact) mass is 1420 g/mol. The molecule has 97 heavy (non-hydrogen) atoms. The number of hydrogen-bond acceptors (Lipinski definition) is 15. The van der Waals surface area contributed by atoms with Gasteiger partial charge in [0.2, 0.25) is 0 Å². The maximum Gasteiger partial charge on any atom is 0.472 e. The fourth-order valence-corrected chi connectivity index (χ4v) is 13.5. The van der Waals surface area contributed by atoms with Crippen molar-refractivity contribution in [1.82, 2.24) is 0 Å². The predicted octanol–water partition coefficient (Wildman–Crippen LogP) is 23.0. The van der Waals surface area contributed by atoms with E-state index in [9.17, 15) is 43.2 Å². The van der Waals surface area contributed by atoms with Crippen LogP contribution in [0.3, 0.4) is 0 Å². The van der Waals surface area contributed by atoms with Crippen LogP contribution in [0, 0.1) is 17.8 Å². The molecule has 0 aliphatic carbocycles. The summed E-state index contributed by atoms with van der Waals surface area (Å²) < 4.78 is 68.6. The van der Waals surface area contributed by atoms with Gasteiger partial charge < -0.3 is 33.8 Å². The Morgan fingerprint density at radius 2 is 0.474 bits per heavy atom. The first-order chi connectivity index (χ1) is 46.7. The second kappa shape index (κ2) is 68.5. The van der Waals surface area contributed by atoms with Gasteiger partial charge in [-0.1, -0.05) is 350 Å². The third kappa shape index (κ3) is 72.2. The Balaban J connectivity index is 5.23. The van der Waals surface area contributed by atoms with Gasteiger partial charge in [-0.25, -0.2) is 9.13 Å². The zero-order valence-electron chi connectivity index (χ0n) is 63.5. The van der Waals surface area contributed by atoms with Gasteiger partial charge >= 0.3 is 39.5 Å². The lowest BCUT2D eigenvalue weighted by atomic mass is 10.0. The normalized spacial score (nSPS) is 14.0. The highest BCUT2D eigenvalue weighted by atomic mass is 31.2. The Kier molecular flexibility index (Phi) is 67.1. The fourth-order valence-electron chi connectivity index (χ4n) is 12.0. The van der Waals surface area contributed by atoms with Crippen LogP contribution >= 0.6 is 15.6 Å². The summed E-state index contributed by atoms with van der Waals surface area (Å²) in [5.74, 6) is 0.148. The molecule has 0 aromatic heterocycles. The van der Waals surface area contributed by atoms with Crippen LogP contribution in [-0.4, -0.2) is 96.7 Å². The molecule has 0 saturated heterocycles. The van der Waals surface area contributed by atoms with E-state index in [1.54, 1.807) is 0 Å². The number of ether oxygens (including phenoxy) is 4. The summed E-state index contributed by atoms with van der Waals surface area (Å²) in [7, 11) is -9.91. The fraction of sp³-hybridized carbons (Fsp3) is 0.949. The maximum atomic E-state index is 13.1. The van der Waals surface area contributed by atoms with Crippen molar-refractivity contribution in [2.75, 3.05) is 39.6 Å². The molecule has 0 saturated carbocycles. The van der Waals surface area contributed by atoms with Crippen molar-refractivity contribution in [3.05, 3.63) is 0 Å². The Morgan fingerprint density at radius 3 is 0.701 bits per heavy atom. The Morgan fingerprint density at radius 1 is 0.278 bits per heavy atom. The van der Waals surface area contributed by atoms with Crippen molar-refractivity contribution in [3.63, 3.8) is 0 Å². The summed E-state index contributed by atoms with van der Waals surface area (Å²) in [5.41, 5.74) is 0. The number of phosphoric acid groups is 2. The molecule has 0 heterocycles. The third-order valence-corrected chi connectivity index (χ3v) is 20.0. The summed E-state index contributed by atoms with van der Waals surface area (Å²) in [6.07, 6.45) is 55.6. The highest BCUT2D eigenvalue weighted by Crippen LogP contribution is 2.45. The van der Waals surface area contributed by atoms with Crippen molar-refractivity contribution < 1.29 is 80.2 Å². The largest absolute Gasteiger partial charge is 0.472 e. The summed E-state index contributed by atoms with van der Waals surface area (Å²) in [6, 6.07) is 0. The summed E-state index contributed by atoms with van der Waals surface area (Å²) in [6.45, 7) is 11.9. The number of rotatable bonds is 76. The highest BCUT2D eigenvalue weighted by Gasteiger charge is 2.30. The molecule has 19 heteroatoms. The molecule has 2 unspecified atom stereocenters. The van der Waals surface area contributed by atoms with Crippen LogP contribution in [-0.2, 0) is 65.4 Å². The molecule has 17 nitrogen and oxygen atoms in total. The number of hydrogen-bond donors (Lipinski definition) is 3. The van der Waals surface area contributed by atoms with Crippen LogP contribution in [0.2, 0.25) is 0 Å². The quantitative estimate of drug-likeness (QED) is 0.0222. The molecule has 0 aliphatic heterocycles. The maximum absolute atomic E-state index is 13.1. The number of phosphoric ester groups is 2. The standard InChI is InChI=1S/C78H152O17P2/c1-8-9-10-11-12-13-14-15-17-21-28-33-38-47-54-62-78(83)95-74(66-89-76(81)60-53-46-41-40-44-51-58-71(6)7)68-93-97(86,87)91-64-72(79)63-90-96(84,85)92-67-73(65-88-75(80)59-52-45-37-32-27-24-23-26-31-36-43-50-57-70(4)5)94-77(82)61-55-48-39-34-29-22-19-16-18-20-25-30-35-42-49-56-69(2)3/h69-74,79H,8-68H2,1-7H3,(H,84,85)(H,86,87)/t72-,73-,74-/m1/s1. The number of aliphatic hydroxyl groups excluding tert-OH is 1. The Labute approximate surface area is 594 Å². The number of unbranched alkanes of at least 4 members (excludes halogenated alkanes) is 44. The SMILES string of the molecule is CCCCCCCCCCCCCCCCCC(=O)O[C@H](COC(=O)CCCCCCCCC(C)C)COP(=O)(O)OC[C@H](O)COP(=O)(O)OC[C@@H](COC(=O)CCCCCCCCCCCCCCC(C)C)OC(=O)CCCCCCCCCCCCCCCCCC(C)C. The molecule has 0 amide bonds. The van der Waals surface area contributed by atoms with Crippen molar-refractivity contribution in [1.29, 1.82) is 0 Å². The van der Waals surface area contributed by atoms with E-state index >= 15 is 0 Å². The number of aliphatic hydroxyl groups is 1. The van der Waals surface area contributed by atoms with E-state index in [0.29, 0.717) is 31.6 Å². The number of esters is 4. The summed E-state index contributed by atoms with van der Waals surface area (Å²) in [4.78, 5) is 72.9. The average Bonchev–Trinajstić information content (AvgIpc) is 1.34. The number of carbonyl (C=O) groups excluding carboxylic acids is 4. The minimum atomic E-state index is -4.96. The van der Waals surface area contributed by atoms with Gasteiger partial charge in [-0.2, -0.15) is 0 Å². The van der Waals surface area contributed by atoms with Crippen LogP contribution in [0.25, 0.3) is 0 Å². The minimum Gasteiger partial charge on any atom is -0.462 e. The van der Waals surface area contributed by atoms with E-state index in [0.717, 1.165) is 108 Å². The predicted molar refractivity (Wildman–Crippen MR) is 395 cm³/mol. The average molecular weight is 1420 g/mol. The summed E-state index contributed by atoms with van der Waals surface area (Å²) in [5, 5.41) is 10.6. The Hall–Kier alpha value is -1.94. The molecular weight excluding hydrogens is 1270 g/mol. The van der Waals surface area contributed by atoms with Crippen molar-refractivity contribution >= 4 is 39.5 Å². The van der Waals surface area contributed by atoms with Gasteiger partial charge in [0.15, 0.2) is 12.2 Å². The van der Waals surface area contributed by atoms with E-state index in [1.807, 2.05) is 0 Å². The van der Waals surface area contributed by atoms with E-state index in [2.05, 4.69) is 48.5 Å². The molecule has 576 valence electrons. The van der Waals surface area contributed by atoms with E-state index < -0.39 is 97.5 Å². The van der Waals surface area contributed by atoms with Crippen molar-refractivity contribution in [3.8, 4) is 0 Å². The molecule has 5 atom stereocenters. The zero-order valence-corrected chi connectivity index (χ0v) is 65.3. The van der Waals surface area contributed by atoms with Gasteiger partial charge in [0.05, 0.1) is 26.4 Å². The van der Waals surface area contributed by atoms with Crippen LogP contribution in [0.1, 0.15) is 402 Å². The lowest BCUT2D eigenvalue weighted by molar-refractivity contribution is -0.161. The van der Waals surface area contributed by atoms with E-state index in [-0.39, 0.29) is 25.7 Å². The molecule has 0 aliphatic rings. The smallest absolute Gasteiger partial charge is 0.462 e. The lowest BCUT2D eigenvalue weighted by Crippen LogP contribution is -2.30. The van der Waals surface area contributed by atoms with Gasteiger partial charge in [0, 0.05) is 25.7 Å².